The van der Waals surface area contributed by atoms with Crippen molar-refractivity contribution in [1.82, 2.24) is 0 Å². The van der Waals surface area contributed by atoms with Crippen LogP contribution in [-0.4, -0.2) is 6.85 Å². The molecule has 0 unspecified atom stereocenters. The Hall–Kier alpha value is -7.76. The van der Waals surface area contributed by atoms with Crippen LogP contribution in [-0.2, 0) is 5.41 Å². The molecule has 0 fully saturated rings. The van der Waals surface area contributed by atoms with Gasteiger partial charge in [0.05, 0.1) is 11.1 Å². The predicted octanol–water partition coefficient (Wildman–Crippen LogP) is 12.9. The monoisotopic (exact) mass is 764 g/mol. The molecule has 0 radical (unpaired) electrons. The van der Waals surface area contributed by atoms with E-state index < -0.39 is 5.41 Å². The minimum Gasteiger partial charge on any atom is -0.456 e. The van der Waals surface area contributed by atoms with E-state index in [1.165, 1.54) is 44.6 Å². The number of nitrogens with zero attached hydrogens (tertiary/aromatic N) is 2. The molecule has 0 atom stereocenters. The van der Waals surface area contributed by atoms with Crippen molar-refractivity contribution in [3.63, 3.8) is 0 Å². The van der Waals surface area contributed by atoms with Crippen molar-refractivity contribution in [2.45, 2.75) is 5.41 Å². The summed E-state index contributed by atoms with van der Waals surface area (Å²) in [5.74, 6) is 0. The van der Waals surface area contributed by atoms with E-state index in [1.54, 1.807) is 0 Å². The van der Waals surface area contributed by atoms with Crippen molar-refractivity contribution >= 4 is 90.1 Å². The van der Waals surface area contributed by atoms with Gasteiger partial charge >= 0.3 is 6.85 Å². The second-order valence-corrected chi connectivity index (χ2v) is 16.3. The van der Waals surface area contributed by atoms with Crippen molar-refractivity contribution in [2.24, 2.45) is 0 Å². The molecule has 60 heavy (non-hydrogen) atoms. The molecule has 0 spiro atoms. The molecule has 0 bridgehead atoms. The zero-order valence-corrected chi connectivity index (χ0v) is 32.3. The lowest BCUT2D eigenvalue weighted by molar-refractivity contribution is 0.668. The van der Waals surface area contributed by atoms with Crippen LogP contribution in [0.2, 0.25) is 0 Å². The summed E-state index contributed by atoms with van der Waals surface area (Å²) in [7, 11) is 0. The summed E-state index contributed by atoms with van der Waals surface area (Å²) in [5, 5.41) is 4.40. The lowest BCUT2D eigenvalue weighted by atomic mass is 9.42. The molecular formula is C55H33BN2O2. The van der Waals surface area contributed by atoms with Gasteiger partial charge in [0.15, 0.2) is 0 Å². The van der Waals surface area contributed by atoms with Gasteiger partial charge in [-0.1, -0.05) is 152 Å². The first kappa shape index (κ1) is 32.2. The molecule has 4 nitrogen and oxygen atoms in total. The normalized spacial score (nSPS) is 14.4. The molecule has 9 aromatic carbocycles. The highest BCUT2D eigenvalue weighted by atomic mass is 16.3. The van der Waals surface area contributed by atoms with E-state index in [9.17, 15) is 0 Å². The van der Waals surface area contributed by atoms with E-state index in [0.717, 1.165) is 72.1 Å². The van der Waals surface area contributed by atoms with Gasteiger partial charge in [-0.25, -0.2) is 0 Å². The maximum atomic E-state index is 7.10. The highest BCUT2D eigenvalue weighted by Crippen LogP contribution is 2.60. The van der Waals surface area contributed by atoms with E-state index in [-0.39, 0.29) is 6.85 Å². The molecular weight excluding hydrogens is 731 g/mol. The second kappa shape index (κ2) is 11.7. The van der Waals surface area contributed by atoms with E-state index >= 15 is 0 Å². The number of hydrogen-bond donors (Lipinski definition) is 0. The van der Waals surface area contributed by atoms with Gasteiger partial charge in [-0.2, -0.15) is 0 Å². The largest absolute Gasteiger partial charge is 0.456 e. The molecule has 0 saturated carbocycles. The molecule has 14 rings (SSSR count). The Bertz CT molecular complexity index is 3530. The number of anilines is 5. The van der Waals surface area contributed by atoms with E-state index in [1.807, 2.05) is 0 Å². The number of para-hydroxylation sites is 5. The summed E-state index contributed by atoms with van der Waals surface area (Å²) in [6.45, 7) is -0.196. The summed E-state index contributed by atoms with van der Waals surface area (Å²) in [6, 6.07) is 73.0. The maximum absolute atomic E-state index is 7.10. The number of rotatable bonds is 3. The van der Waals surface area contributed by atoms with Crippen LogP contribution in [0, 0.1) is 0 Å². The Morgan fingerprint density at radius 2 is 1.07 bits per heavy atom. The molecule has 5 heteroatoms. The standard InChI is InChI=1S/C55H33BN2O2/c1-4-17-34(18-5-1)55(35-19-6-2-7-20-35)40-25-12-13-28-43(40)57-45-33-39-37-23-10-14-29-46(37)60-54(39)51-50-44(31-32-48-49(50)38-24-11-15-30-47(38)59-48)58(36-21-8-3-9-22-36)56(52(45)51)42-27-16-26-41(55)53(42)57/h1-33H. The van der Waals surface area contributed by atoms with Gasteiger partial charge in [0, 0.05) is 55.4 Å². The third-order valence-corrected chi connectivity index (χ3v) is 13.5. The van der Waals surface area contributed by atoms with Crippen molar-refractivity contribution in [3.8, 4) is 11.1 Å². The summed E-state index contributed by atoms with van der Waals surface area (Å²) < 4.78 is 13.8. The van der Waals surface area contributed by atoms with Crippen LogP contribution in [0.3, 0.4) is 0 Å². The van der Waals surface area contributed by atoms with Gasteiger partial charge in [-0.15, -0.1) is 0 Å². The summed E-state index contributed by atoms with van der Waals surface area (Å²) >= 11 is 0. The third kappa shape index (κ3) is 3.92. The van der Waals surface area contributed by atoms with Crippen LogP contribution in [0.4, 0.5) is 28.4 Å². The number of fused-ring (bicyclic) bond motifs is 14. The zero-order valence-electron chi connectivity index (χ0n) is 32.3. The van der Waals surface area contributed by atoms with Crippen molar-refractivity contribution in [3.05, 3.63) is 222 Å². The van der Waals surface area contributed by atoms with Gasteiger partial charge in [0.25, 0.3) is 0 Å². The smallest absolute Gasteiger partial charge is 0.333 e. The van der Waals surface area contributed by atoms with Crippen LogP contribution in [0.25, 0.3) is 55.0 Å². The molecule has 0 aliphatic carbocycles. The lowest BCUT2D eigenvalue weighted by Crippen LogP contribution is -2.62. The van der Waals surface area contributed by atoms with Gasteiger partial charge < -0.3 is 18.5 Å². The van der Waals surface area contributed by atoms with Crippen LogP contribution in [0.15, 0.2) is 209 Å². The van der Waals surface area contributed by atoms with Crippen molar-refractivity contribution in [1.29, 1.82) is 0 Å². The second-order valence-electron chi connectivity index (χ2n) is 16.3. The first-order valence-electron chi connectivity index (χ1n) is 20.7. The first-order chi connectivity index (χ1) is 29.8. The molecule has 3 aliphatic rings. The van der Waals surface area contributed by atoms with Gasteiger partial charge in [-0.3, -0.25) is 0 Å². The van der Waals surface area contributed by atoms with E-state index in [2.05, 4.69) is 210 Å². The Balaban J connectivity index is 1.21. The molecule has 278 valence electrons. The molecule has 11 aromatic rings. The Morgan fingerprint density at radius 3 is 1.83 bits per heavy atom. The topological polar surface area (TPSA) is 32.8 Å². The lowest BCUT2D eigenvalue weighted by Gasteiger charge is -2.52. The molecule has 0 N–H and O–H groups in total. The molecule has 0 amide bonds. The summed E-state index contributed by atoms with van der Waals surface area (Å²) in [6.07, 6.45) is 0. The fraction of sp³-hybridized carbons (Fsp3) is 0.0182. The number of benzene rings is 9. The minimum atomic E-state index is -0.597. The molecule has 0 saturated heterocycles. The summed E-state index contributed by atoms with van der Waals surface area (Å²) in [4.78, 5) is 5.17. The maximum Gasteiger partial charge on any atom is 0.333 e. The zero-order chi connectivity index (χ0) is 39.1. The Morgan fingerprint density at radius 1 is 0.433 bits per heavy atom. The van der Waals surface area contributed by atoms with Crippen LogP contribution >= 0.6 is 0 Å². The SMILES string of the molecule is c1ccc(N2B3c4cccc5c4N(c4ccccc4C5(c4ccccc4)c4ccccc4)c4cc5c(oc6ccccc65)c(c43)-c3c2ccc2oc4ccccc4c32)cc1. The molecule has 5 heterocycles. The highest BCUT2D eigenvalue weighted by molar-refractivity contribution is 6.94. The van der Waals surface area contributed by atoms with Crippen LogP contribution < -0.4 is 20.6 Å². The van der Waals surface area contributed by atoms with Crippen LogP contribution in [0.5, 0.6) is 0 Å². The van der Waals surface area contributed by atoms with Crippen LogP contribution in [0.1, 0.15) is 22.3 Å². The predicted molar refractivity (Wildman–Crippen MR) is 247 cm³/mol. The van der Waals surface area contributed by atoms with Gasteiger partial charge in [0.1, 0.15) is 22.3 Å². The first-order valence-corrected chi connectivity index (χ1v) is 20.7. The van der Waals surface area contributed by atoms with Crippen molar-refractivity contribution < 1.29 is 8.83 Å². The fourth-order valence-corrected chi connectivity index (χ4v) is 11.3. The van der Waals surface area contributed by atoms with Gasteiger partial charge in [-0.05, 0) is 81.7 Å². The van der Waals surface area contributed by atoms with E-state index in [4.69, 9.17) is 8.83 Å². The fourth-order valence-electron chi connectivity index (χ4n) is 11.3. The number of hydrogen-bond acceptors (Lipinski definition) is 4. The number of furan rings is 2. The van der Waals surface area contributed by atoms with Crippen molar-refractivity contribution in [2.75, 3.05) is 9.71 Å². The third-order valence-electron chi connectivity index (χ3n) is 13.5. The van der Waals surface area contributed by atoms with E-state index in [0.29, 0.717) is 0 Å². The average molecular weight is 765 g/mol. The highest BCUT2D eigenvalue weighted by Gasteiger charge is 2.53. The molecule has 3 aliphatic heterocycles. The summed E-state index contributed by atoms with van der Waals surface area (Å²) in [5.41, 5.74) is 18.4. The quantitative estimate of drug-likeness (QED) is 0.168. The average Bonchev–Trinajstić information content (AvgIpc) is 3.89. The Kier molecular flexibility index (Phi) is 6.27. The Labute approximate surface area is 346 Å². The molecule has 2 aromatic heterocycles. The minimum absolute atomic E-state index is 0.196. The van der Waals surface area contributed by atoms with Gasteiger partial charge in [0.2, 0.25) is 0 Å².